The van der Waals surface area contributed by atoms with Crippen LogP contribution >= 0.6 is 11.6 Å². The average Bonchev–Trinajstić information content (AvgIpc) is 2.39. The van der Waals surface area contributed by atoms with Crippen molar-refractivity contribution >= 4 is 23.0 Å². The fraction of sp³-hybridized carbons (Fsp3) is 0.400. The number of nitro benzene ring substituents is 2. The Kier molecular flexibility index (Phi) is 3.93. The van der Waals surface area contributed by atoms with E-state index < -0.39 is 32.5 Å². The Balaban J connectivity index is 2.49. The second-order valence-corrected chi connectivity index (χ2v) is 4.19. The van der Waals surface area contributed by atoms with Crippen molar-refractivity contribution in [2.75, 3.05) is 13.2 Å². The Morgan fingerprint density at radius 3 is 2.00 bits per heavy atom. The van der Waals surface area contributed by atoms with Crippen LogP contribution in [0.4, 0.5) is 11.4 Å². The lowest BCUT2D eigenvalue weighted by Crippen LogP contribution is -2.18. The summed E-state index contributed by atoms with van der Waals surface area (Å²) in [6.07, 6.45) is -0.141. The van der Waals surface area contributed by atoms with Gasteiger partial charge in [-0.3, -0.25) is 20.2 Å². The molecule has 0 saturated carbocycles. The number of hydrogen-bond acceptors (Lipinski definition) is 6. The van der Waals surface area contributed by atoms with Crippen LogP contribution in [0.5, 0.6) is 0 Å². The average molecular weight is 289 g/mol. The molecule has 0 amide bonds. The maximum absolute atomic E-state index is 10.8. The zero-order valence-electron chi connectivity index (χ0n) is 9.58. The van der Waals surface area contributed by atoms with Gasteiger partial charge in [-0.05, 0) is 6.42 Å². The van der Waals surface area contributed by atoms with E-state index in [9.17, 15) is 20.2 Å². The lowest BCUT2D eigenvalue weighted by Gasteiger charge is -2.23. The van der Waals surface area contributed by atoms with Crippen molar-refractivity contribution < 1.29 is 19.3 Å². The Morgan fingerprint density at radius 1 is 1.11 bits per heavy atom. The van der Waals surface area contributed by atoms with Gasteiger partial charge in [-0.15, -0.1) is 0 Å². The molecule has 0 atom stereocenters. The topological polar surface area (TPSA) is 105 Å². The summed E-state index contributed by atoms with van der Waals surface area (Å²) in [4.78, 5) is 20.1. The van der Waals surface area contributed by atoms with Crippen LogP contribution in [0.15, 0.2) is 12.1 Å². The van der Waals surface area contributed by atoms with E-state index in [1.54, 1.807) is 0 Å². The molecule has 1 aromatic carbocycles. The molecule has 0 aromatic heterocycles. The summed E-state index contributed by atoms with van der Waals surface area (Å²) in [5.41, 5.74) is -0.866. The maximum Gasteiger partial charge on any atom is 0.295 e. The summed E-state index contributed by atoms with van der Waals surface area (Å²) in [5, 5.41) is 21.2. The van der Waals surface area contributed by atoms with E-state index >= 15 is 0 Å². The fourth-order valence-corrected chi connectivity index (χ4v) is 1.94. The monoisotopic (exact) mass is 288 g/mol. The highest BCUT2D eigenvalue weighted by atomic mass is 35.5. The van der Waals surface area contributed by atoms with Crippen molar-refractivity contribution in [2.45, 2.75) is 12.7 Å². The molecule has 0 spiro atoms. The van der Waals surface area contributed by atoms with Crippen molar-refractivity contribution in [3.05, 3.63) is 42.9 Å². The van der Waals surface area contributed by atoms with Crippen molar-refractivity contribution in [1.82, 2.24) is 0 Å². The molecule has 102 valence electrons. The third-order valence-corrected chi connectivity index (χ3v) is 2.94. The molecule has 1 aliphatic heterocycles. The van der Waals surface area contributed by atoms with Gasteiger partial charge in [0.05, 0.1) is 23.1 Å². The van der Waals surface area contributed by atoms with Crippen LogP contribution in [0.1, 0.15) is 18.3 Å². The predicted molar refractivity (Wildman–Crippen MR) is 64.0 cm³/mol. The molecule has 1 aliphatic rings. The number of nitrogens with zero attached hydrogens (tertiary/aromatic N) is 2. The molecule has 19 heavy (non-hydrogen) atoms. The molecule has 0 N–H and O–H groups in total. The highest BCUT2D eigenvalue weighted by molar-refractivity contribution is 6.34. The van der Waals surface area contributed by atoms with Crippen LogP contribution in [-0.2, 0) is 9.47 Å². The van der Waals surface area contributed by atoms with Crippen molar-refractivity contribution in [3.63, 3.8) is 0 Å². The van der Waals surface area contributed by atoms with Crippen molar-refractivity contribution in [3.8, 4) is 0 Å². The van der Waals surface area contributed by atoms with Crippen LogP contribution in [0.25, 0.3) is 0 Å². The van der Waals surface area contributed by atoms with Gasteiger partial charge in [-0.1, -0.05) is 11.6 Å². The first-order valence-corrected chi connectivity index (χ1v) is 5.74. The molecule has 0 radical (unpaired) electrons. The number of halogens is 1. The third kappa shape index (κ3) is 2.80. The fourth-order valence-electron chi connectivity index (χ4n) is 1.70. The number of ether oxygens (including phenoxy) is 2. The van der Waals surface area contributed by atoms with Gasteiger partial charge in [-0.2, -0.15) is 0 Å². The van der Waals surface area contributed by atoms with Gasteiger partial charge in [0.2, 0.25) is 0 Å². The van der Waals surface area contributed by atoms with Gasteiger partial charge in [0, 0.05) is 17.7 Å². The smallest absolute Gasteiger partial charge is 0.295 e. The zero-order valence-corrected chi connectivity index (χ0v) is 10.3. The van der Waals surface area contributed by atoms with Gasteiger partial charge in [0.25, 0.3) is 11.4 Å². The molecule has 1 saturated heterocycles. The summed E-state index contributed by atoms with van der Waals surface area (Å²) < 4.78 is 10.5. The first-order chi connectivity index (χ1) is 9.00. The first-order valence-electron chi connectivity index (χ1n) is 5.36. The molecule has 1 heterocycles. The van der Waals surface area contributed by atoms with Gasteiger partial charge >= 0.3 is 0 Å². The number of rotatable bonds is 3. The van der Waals surface area contributed by atoms with Crippen molar-refractivity contribution in [1.29, 1.82) is 0 Å². The van der Waals surface area contributed by atoms with E-state index in [-0.39, 0.29) is 5.56 Å². The summed E-state index contributed by atoms with van der Waals surface area (Å²) >= 11 is 5.64. The molecule has 8 nitrogen and oxygen atoms in total. The molecule has 1 aromatic rings. The SMILES string of the molecule is O=[N+]([O-])c1cc(C2OCCCO2)cc([N+](=O)[O-])c1Cl. The Bertz CT molecular complexity index is 494. The van der Waals surface area contributed by atoms with E-state index in [0.717, 1.165) is 12.1 Å². The maximum atomic E-state index is 10.8. The summed E-state index contributed by atoms with van der Waals surface area (Å²) in [7, 11) is 0. The number of nitro groups is 2. The molecule has 9 heteroatoms. The van der Waals surface area contributed by atoms with Crippen LogP contribution in [-0.4, -0.2) is 23.1 Å². The molecule has 1 fully saturated rings. The van der Waals surface area contributed by atoms with Crippen LogP contribution in [0.3, 0.4) is 0 Å². The van der Waals surface area contributed by atoms with Crippen LogP contribution in [0, 0.1) is 20.2 Å². The summed E-state index contributed by atoms with van der Waals surface area (Å²) in [5.74, 6) is 0. The highest BCUT2D eigenvalue weighted by Crippen LogP contribution is 2.38. The Labute approximate surface area is 112 Å². The van der Waals surface area contributed by atoms with Crippen LogP contribution in [0.2, 0.25) is 5.02 Å². The van der Waals surface area contributed by atoms with Gasteiger partial charge < -0.3 is 9.47 Å². The van der Waals surface area contributed by atoms with Gasteiger partial charge in [-0.25, -0.2) is 0 Å². The van der Waals surface area contributed by atoms with Gasteiger partial charge in [0.15, 0.2) is 11.3 Å². The molecule has 0 bridgehead atoms. The molecule has 0 aliphatic carbocycles. The lowest BCUT2D eigenvalue weighted by atomic mass is 10.1. The molecule has 2 rings (SSSR count). The van der Waals surface area contributed by atoms with E-state index in [1.807, 2.05) is 0 Å². The standard InChI is InChI=1S/C10H9ClN2O6/c11-9-7(12(14)15)4-6(5-8(9)13(16)17)10-18-2-1-3-19-10/h4-5,10H,1-3H2. The number of hydrogen-bond donors (Lipinski definition) is 0. The number of benzene rings is 1. The normalized spacial score (nSPS) is 16.3. The molecule has 0 unspecified atom stereocenters. The quantitative estimate of drug-likeness (QED) is 0.625. The Morgan fingerprint density at radius 2 is 1.58 bits per heavy atom. The minimum absolute atomic E-state index is 0.211. The second-order valence-electron chi connectivity index (χ2n) is 3.81. The summed E-state index contributed by atoms with van der Waals surface area (Å²) in [6.45, 7) is 0.851. The van der Waals surface area contributed by atoms with E-state index in [2.05, 4.69) is 0 Å². The highest BCUT2D eigenvalue weighted by Gasteiger charge is 2.29. The minimum atomic E-state index is -0.844. The first kappa shape index (κ1) is 13.7. The molecular weight excluding hydrogens is 280 g/mol. The van der Waals surface area contributed by atoms with Gasteiger partial charge in [0.1, 0.15) is 0 Å². The van der Waals surface area contributed by atoms with E-state index in [0.29, 0.717) is 19.6 Å². The van der Waals surface area contributed by atoms with E-state index in [1.165, 1.54) is 0 Å². The zero-order chi connectivity index (χ0) is 14.0. The van der Waals surface area contributed by atoms with E-state index in [4.69, 9.17) is 21.1 Å². The summed E-state index contributed by atoms with van der Waals surface area (Å²) in [6, 6.07) is 2.26. The second kappa shape index (κ2) is 5.47. The van der Waals surface area contributed by atoms with Crippen molar-refractivity contribution in [2.24, 2.45) is 0 Å². The third-order valence-electron chi connectivity index (χ3n) is 2.55. The predicted octanol–water partition coefficient (Wildman–Crippen LogP) is 2.59. The minimum Gasteiger partial charge on any atom is -0.348 e. The molecular formula is C10H9ClN2O6. The Hall–Kier alpha value is -1.77. The van der Waals surface area contributed by atoms with Crippen LogP contribution < -0.4 is 0 Å². The lowest BCUT2D eigenvalue weighted by molar-refractivity contribution is -0.394. The largest absolute Gasteiger partial charge is 0.348 e.